The molecule has 1 N–H and O–H groups in total. The summed E-state index contributed by atoms with van der Waals surface area (Å²) in [5.41, 5.74) is 0. The zero-order valence-corrected chi connectivity index (χ0v) is 11.9. The molecule has 0 amide bonds. The van der Waals surface area contributed by atoms with Gasteiger partial charge >= 0.3 is 23.5 Å². The van der Waals surface area contributed by atoms with Crippen LogP contribution < -0.4 is 0 Å². The molecule has 0 aliphatic rings. The van der Waals surface area contributed by atoms with Gasteiger partial charge in [-0.2, -0.15) is 0 Å². The fourth-order valence-electron chi connectivity index (χ4n) is 1.60. The van der Waals surface area contributed by atoms with Crippen LogP contribution in [0.5, 0.6) is 0 Å². The summed E-state index contributed by atoms with van der Waals surface area (Å²) >= 11 is -1.81. The summed E-state index contributed by atoms with van der Waals surface area (Å²) in [5.74, 6) is 0. The summed E-state index contributed by atoms with van der Waals surface area (Å²) in [6.07, 6.45) is 13.3. The Hall–Kier alpha value is 0.144. The standard InChI is InChI=1S/C12H26O.2O.V/c1-2-3-4-5-6-7-8-9-10-11-12-13;;;/h13H,2-12H2,1H3;;;. The Balaban J connectivity index is 0. The van der Waals surface area contributed by atoms with Crippen LogP contribution in [-0.2, 0) is 23.5 Å². The zero-order valence-electron chi connectivity index (χ0n) is 10.5. The van der Waals surface area contributed by atoms with Crippen LogP contribution in [-0.4, -0.2) is 11.7 Å². The van der Waals surface area contributed by atoms with E-state index < -0.39 is 16.2 Å². The first-order valence-corrected chi connectivity index (χ1v) is 7.53. The van der Waals surface area contributed by atoms with E-state index in [-0.39, 0.29) is 0 Å². The molecular formula is C12H26O3V. The summed E-state index contributed by atoms with van der Waals surface area (Å²) in [4.78, 5) is 0. The first-order valence-electron chi connectivity index (χ1n) is 6.39. The van der Waals surface area contributed by atoms with Crippen LogP contribution in [0.2, 0.25) is 0 Å². The minimum atomic E-state index is -1.81. The van der Waals surface area contributed by atoms with Gasteiger partial charge in [0.1, 0.15) is 0 Å². The summed E-state index contributed by atoms with van der Waals surface area (Å²) in [6.45, 7) is 2.63. The van der Waals surface area contributed by atoms with E-state index in [1.54, 1.807) is 0 Å². The van der Waals surface area contributed by atoms with E-state index >= 15 is 0 Å². The van der Waals surface area contributed by atoms with Crippen LogP contribution in [0.15, 0.2) is 0 Å². The van der Waals surface area contributed by atoms with E-state index in [0.29, 0.717) is 6.61 Å². The second-order valence-corrected chi connectivity index (χ2v) is 4.21. The molecular weight excluding hydrogens is 243 g/mol. The second-order valence-electron chi connectivity index (χ2n) is 3.98. The molecule has 0 aromatic heterocycles. The van der Waals surface area contributed by atoms with Gasteiger partial charge in [-0.15, -0.1) is 0 Å². The molecule has 0 aliphatic carbocycles. The van der Waals surface area contributed by atoms with Crippen molar-refractivity contribution in [2.75, 3.05) is 6.61 Å². The van der Waals surface area contributed by atoms with Gasteiger partial charge in [-0.05, 0) is 6.42 Å². The molecule has 0 spiro atoms. The van der Waals surface area contributed by atoms with Crippen molar-refractivity contribution in [1.29, 1.82) is 0 Å². The molecule has 0 aliphatic heterocycles. The van der Waals surface area contributed by atoms with Gasteiger partial charge in [0.05, 0.1) is 0 Å². The van der Waals surface area contributed by atoms with Gasteiger partial charge in [-0.3, -0.25) is 0 Å². The van der Waals surface area contributed by atoms with Gasteiger partial charge < -0.3 is 5.11 Å². The van der Waals surface area contributed by atoms with Crippen molar-refractivity contribution >= 4 is 0 Å². The number of hydrogen-bond acceptors (Lipinski definition) is 3. The molecule has 0 atom stereocenters. The van der Waals surface area contributed by atoms with Crippen molar-refractivity contribution in [1.82, 2.24) is 0 Å². The van der Waals surface area contributed by atoms with Crippen molar-refractivity contribution in [2.45, 2.75) is 71.1 Å². The minimum absolute atomic E-state index is 0.372. The SMILES string of the molecule is CCCCCCCCCCCCO.[O]=[V]=[O]. The van der Waals surface area contributed by atoms with E-state index in [2.05, 4.69) is 6.92 Å². The summed E-state index contributed by atoms with van der Waals surface area (Å²) < 4.78 is 16.9. The Morgan fingerprint density at radius 3 is 1.38 bits per heavy atom. The van der Waals surface area contributed by atoms with Crippen molar-refractivity contribution < 1.29 is 28.6 Å². The third kappa shape index (κ3) is 23.7. The van der Waals surface area contributed by atoms with Crippen LogP contribution in [0.4, 0.5) is 0 Å². The summed E-state index contributed by atoms with van der Waals surface area (Å²) in [6, 6.07) is 0. The van der Waals surface area contributed by atoms with Gasteiger partial charge in [-0.1, -0.05) is 64.7 Å². The van der Waals surface area contributed by atoms with Gasteiger partial charge in [0.2, 0.25) is 0 Å². The van der Waals surface area contributed by atoms with Crippen molar-refractivity contribution in [3.05, 3.63) is 0 Å². The quantitative estimate of drug-likeness (QED) is 0.616. The number of aliphatic hydroxyl groups is 1. The molecule has 0 saturated heterocycles. The monoisotopic (exact) mass is 269 g/mol. The van der Waals surface area contributed by atoms with Gasteiger partial charge in [0.25, 0.3) is 0 Å². The van der Waals surface area contributed by atoms with Gasteiger partial charge in [0.15, 0.2) is 0 Å². The first-order chi connectivity index (χ1) is 7.83. The number of unbranched alkanes of at least 4 members (excludes halogenated alkanes) is 9. The van der Waals surface area contributed by atoms with Gasteiger partial charge in [-0.25, -0.2) is 0 Å². The molecule has 4 heteroatoms. The maximum absolute atomic E-state index is 8.57. The number of aliphatic hydroxyl groups excluding tert-OH is 1. The fraction of sp³-hybridized carbons (Fsp3) is 1.00. The Bertz CT molecular complexity index is 135. The second kappa shape index (κ2) is 20.5. The molecule has 0 fully saturated rings. The van der Waals surface area contributed by atoms with Crippen LogP contribution in [0, 0.1) is 0 Å². The van der Waals surface area contributed by atoms with Crippen molar-refractivity contribution in [2.24, 2.45) is 0 Å². The van der Waals surface area contributed by atoms with Crippen molar-refractivity contribution in [3.63, 3.8) is 0 Å². The molecule has 0 heterocycles. The Labute approximate surface area is 107 Å². The summed E-state index contributed by atoms with van der Waals surface area (Å²) in [7, 11) is 0. The average molecular weight is 269 g/mol. The van der Waals surface area contributed by atoms with E-state index in [9.17, 15) is 0 Å². The van der Waals surface area contributed by atoms with Crippen LogP contribution in [0.3, 0.4) is 0 Å². The summed E-state index contributed by atoms with van der Waals surface area (Å²) in [5, 5.41) is 8.57. The van der Waals surface area contributed by atoms with E-state index in [4.69, 9.17) is 12.5 Å². The predicted molar refractivity (Wildman–Crippen MR) is 60.3 cm³/mol. The molecule has 0 unspecified atom stereocenters. The molecule has 16 heavy (non-hydrogen) atoms. The van der Waals surface area contributed by atoms with E-state index in [1.165, 1.54) is 57.8 Å². The Morgan fingerprint density at radius 1 is 0.750 bits per heavy atom. The molecule has 0 radical (unpaired) electrons. The number of hydrogen-bond donors (Lipinski definition) is 1. The third-order valence-corrected chi connectivity index (χ3v) is 2.51. The van der Waals surface area contributed by atoms with Crippen LogP contribution in [0.1, 0.15) is 71.1 Å². The van der Waals surface area contributed by atoms with E-state index in [1.807, 2.05) is 0 Å². The molecule has 0 aromatic rings. The zero-order chi connectivity index (χ0) is 12.5. The molecule has 0 aromatic carbocycles. The topological polar surface area (TPSA) is 54.4 Å². The Morgan fingerprint density at radius 2 is 1.06 bits per heavy atom. The molecule has 3 nitrogen and oxygen atoms in total. The van der Waals surface area contributed by atoms with Crippen LogP contribution in [0.25, 0.3) is 0 Å². The number of rotatable bonds is 10. The molecule has 0 rings (SSSR count). The fourth-order valence-corrected chi connectivity index (χ4v) is 1.60. The molecule has 0 bridgehead atoms. The van der Waals surface area contributed by atoms with Crippen molar-refractivity contribution in [3.8, 4) is 0 Å². The van der Waals surface area contributed by atoms with Gasteiger partial charge in [0, 0.05) is 6.61 Å². The molecule has 0 saturated carbocycles. The first kappa shape index (κ1) is 18.5. The van der Waals surface area contributed by atoms with E-state index in [0.717, 1.165) is 6.42 Å². The maximum atomic E-state index is 8.57. The Kier molecular flexibility index (Phi) is 23.8. The van der Waals surface area contributed by atoms with Crippen LogP contribution >= 0.6 is 0 Å². The average Bonchev–Trinajstić information content (AvgIpc) is 2.28. The predicted octanol–water partition coefficient (Wildman–Crippen LogP) is 3.66. The normalized spacial score (nSPS) is 9.12. The third-order valence-electron chi connectivity index (χ3n) is 2.51. The molecule has 97 valence electrons.